The molecule has 0 amide bonds. The summed E-state index contributed by atoms with van der Waals surface area (Å²) in [6.07, 6.45) is 3.18. The first-order chi connectivity index (χ1) is 12.3. The standard InChI is InChI=1S/C19H13N3O2S/c23-17-15-9-5-4-8-14(15)16(12-21-13-6-2-1-3-7-13)18(24)22(17)19-20-10-11-25-19/h1-12,24H. The summed E-state index contributed by atoms with van der Waals surface area (Å²) in [7, 11) is 0. The van der Waals surface area contributed by atoms with Crippen LogP contribution in [0.25, 0.3) is 15.9 Å². The van der Waals surface area contributed by atoms with Gasteiger partial charge in [0.15, 0.2) is 5.13 Å². The summed E-state index contributed by atoms with van der Waals surface area (Å²) in [5.74, 6) is -0.168. The van der Waals surface area contributed by atoms with E-state index in [9.17, 15) is 9.90 Å². The SMILES string of the molecule is O=c1c2ccccc2c(C=Nc2ccccc2)c(O)n1-c1nccs1. The number of thiazole rings is 1. The second-order valence-electron chi connectivity index (χ2n) is 5.33. The molecule has 4 rings (SSSR count). The van der Waals surface area contributed by atoms with Crippen LogP contribution in [0.1, 0.15) is 5.56 Å². The first-order valence-electron chi connectivity index (χ1n) is 7.61. The van der Waals surface area contributed by atoms with E-state index < -0.39 is 0 Å². The third kappa shape index (κ3) is 2.72. The number of aromatic nitrogens is 2. The number of benzene rings is 2. The van der Waals surface area contributed by atoms with Crippen molar-refractivity contribution in [1.29, 1.82) is 0 Å². The van der Waals surface area contributed by atoms with Gasteiger partial charge in [-0.05, 0) is 18.2 Å². The Bertz CT molecular complexity index is 1120. The van der Waals surface area contributed by atoms with Gasteiger partial charge in [0.1, 0.15) is 0 Å². The maximum absolute atomic E-state index is 12.8. The molecule has 0 saturated heterocycles. The predicted octanol–water partition coefficient (Wildman–Crippen LogP) is 3.90. The van der Waals surface area contributed by atoms with Crippen molar-refractivity contribution in [3.05, 3.63) is 82.1 Å². The van der Waals surface area contributed by atoms with Crippen molar-refractivity contribution in [2.24, 2.45) is 4.99 Å². The maximum atomic E-state index is 12.8. The van der Waals surface area contributed by atoms with Crippen LogP contribution in [0, 0.1) is 0 Å². The summed E-state index contributed by atoms with van der Waals surface area (Å²) in [5, 5.41) is 14.1. The van der Waals surface area contributed by atoms with E-state index in [1.54, 1.807) is 36.0 Å². The van der Waals surface area contributed by atoms with Gasteiger partial charge in [-0.25, -0.2) is 9.55 Å². The second-order valence-corrected chi connectivity index (χ2v) is 6.20. The van der Waals surface area contributed by atoms with Crippen LogP contribution in [0.15, 0.2) is 76.0 Å². The third-order valence-electron chi connectivity index (χ3n) is 3.81. The van der Waals surface area contributed by atoms with Gasteiger partial charge in [0.05, 0.1) is 11.3 Å². The van der Waals surface area contributed by atoms with Crippen LogP contribution in [0.4, 0.5) is 5.69 Å². The van der Waals surface area contributed by atoms with Crippen molar-refractivity contribution < 1.29 is 5.11 Å². The van der Waals surface area contributed by atoms with Gasteiger partial charge in [0, 0.05) is 28.6 Å². The van der Waals surface area contributed by atoms with Gasteiger partial charge in [-0.2, -0.15) is 0 Å². The highest BCUT2D eigenvalue weighted by molar-refractivity contribution is 7.12. The Morgan fingerprint density at radius 3 is 2.48 bits per heavy atom. The lowest BCUT2D eigenvalue weighted by Gasteiger charge is -2.11. The molecule has 0 aliphatic carbocycles. The van der Waals surface area contributed by atoms with Crippen LogP contribution in [-0.2, 0) is 0 Å². The molecule has 2 aromatic heterocycles. The van der Waals surface area contributed by atoms with Crippen LogP contribution in [0.2, 0.25) is 0 Å². The minimum absolute atomic E-state index is 0.168. The molecule has 6 heteroatoms. The topological polar surface area (TPSA) is 67.5 Å². The van der Waals surface area contributed by atoms with E-state index >= 15 is 0 Å². The summed E-state index contributed by atoms with van der Waals surface area (Å²) < 4.78 is 1.22. The third-order valence-corrected chi connectivity index (χ3v) is 4.57. The van der Waals surface area contributed by atoms with Crippen LogP contribution >= 0.6 is 11.3 Å². The molecular weight excluding hydrogens is 334 g/mol. The lowest BCUT2D eigenvalue weighted by molar-refractivity contribution is 0.436. The molecule has 0 atom stereocenters. The first kappa shape index (κ1) is 15.3. The largest absolute Gasteiger partial charge is 0.494 e. The van der Waals surface area contributed by atoms with Crippen molar-refractivity contribution in [3.8, 4) is 11.0 Å². The van der Waals surface area contributed by atoms with E-state index in [0.29, 0.717) is 21.5 Å². The van der Waals surface area contributed by atoms with E-state index in [0.717, 1.165) is 5.69 Å². The molecule has 25 heavy (non-hydrogen) atoms. The number of aliphatic imine (C=N–C) groups is 1. The minimum Gasteiger partial charge on any atom is -0.494 e. The molecule has 2 aromatic carbocycles. The smallest absolute Gasteiger partial charge is 0.267 e. The fourth-order valence-electron chi connectivity index (χ4n) is 2.65. The van der Waals surface area contributed by atoms with Gasteiger partial charge in [-0.15, -0.1) is 11.3 Å². The number of hydrogen-bond acceptors (Lipinski definition) is 5. The Labute approximate surface area is 147 Å². The van der Waals surface area contributed by atoms with Gasteiger partial charge in [0.2, 0.25) is 5.88 Å². The molecule has 0 unspecified atom stereocenters. The predicted molar refractivity (Wildman–Crippen MR) is 101 cm³/mol. The Kier molecular flexibility index (Phi) is 3.87. The van der Waals surface area contributed by atoms with Crippen molar-refractivity contribution in [3.63, 3.8) is 0 Å². The molecule has 4 aromatic rings. The lowest BCUT2D eigenvalue weighted by Crippen LogP contribution is -2.19. The van der Waals surface area contributed by atoms with Crippen molar-refractivity contribution >= 4 is 34.0 Å². The molecule has 1 N–H and O–H groups in total. The maximum Gasteiger partial charge on any atom is 0.267 e. The average molecular weight is 347 g/mol. The highest BCUT2D eigenvalue weighted by Crippen LogP contribution is 2.27. The number of pyridine rings is 1. The summed E-state index contributed by atoms with van der Waals surface area (Å²) >= 11 is 1.28. The van der Waals surface area contributed by atoms with Gasteiger partial charge in [-0.3, -0.25) is 9.79 Å². The van der Waals surface area contributed by atoms with Crippen molar-refractivity contribution in [1.82, 2.24) is 9.55 Å². The van der Waals surface area contributed by atoms with Gasteiger partial charge < -0.3 is 5.11 Å². The molecule has 2 heterocycles. The Morgan fingerprint density at radius 1 is 1.04 bits per heavy atom. The Balaban J connectivity index is 2.00. The normalized spacial score (nSPS) is 11.4. The van der Waals surface area contributed by atoms with E-state index in [2.05, 4.69) is 9.98 Å². The molecule has 0 aliphatic heterocycles. The van der Waals surface area contributed by atoms with E-state index in [1.807, 2.05) is 36.4 Å². The molecule has 0 radical (unpaired) electrons. The number of aromatic hydroxyl groups is 1. The minimum atomic E-state index is -0.306. The zero-order chi connectivity index (χ0) is 17.2. The summed E-state index contributed by atoms with van der Waals surface area (Å²) in [6, 6.07) is 16.6. The molecule has 122 valence electrons. The monoisotopic (exact) mass is 347 g/mol. The number of para-hydroxylation sites is 1. The Hall–Kier alpha value is -3.25. The zero-order valence-corrected chi connectivity index (χ0v) is 13.9. The van der Waals surface area contributed by atoms with Gasteiger partial charge in [0.25, 0.3) is 5.56 Å². The second kappa shape index (κ2) is 6.33. The number of rotatable bonds is 3. The van der Waals surface area contributed by atoms with Crippen LogP contribution in [-0.4, -0.2) is 20.9 Å². The van der Waals surface area contributed by atoms with E-state index in [-0.39, 0.29) is 11.4 Å². The number of hydrogen-bond donors (Lipinski definition) is 1. The average Bonchev–Trinajstić information content (AvgIpc) is 3.17. The van der Waals surface area contributed by atoms with Gasteiger partial charge >= 0.3 is 0 Å². The van der Waals surface area contributed by atoms with Crippen molar-refractivity contribution in [2.45, 2.75) is 0 Å². The fourth-order valence-corrected chi connectivity index (χ4v) is 3.29. The summed E-state index contributed by atoms with van der Waals surface area (Å²) in [4.78, 5) is 21.4. The summed E-state index contributed by atoms with van der Waals surface area (Å²) in [6.45, 7) is 0. The molecular formula is C19H13N3O2S. The van der Waals surface area contributed by atoms with Gasteiger partial charge in [-0.1, -0.05) is 36.4 Å². The zero-order valence-electron chi connectivity index (χ0n) is 13.0. The summed E-state index contributed by atoms with van der Waals surface area (Å²) in [5.41, 5.74) is 0.937. The van der Waals surface area contributed by atoms with Crippen LogP contribution < -0.4 is 5.56 Å². The van der Waals surface area contributed by atoms with Crippen LogP contribution in [0.3, 0.4) is 0 Å². The van der Waals surface area contributed by atoms with Crippen LogP contribution in [0.5, 0.6) is 5.88 Å². The first-order valence-corrected chi connectivity index (χ1v) is 8.49. The quantitative estimate of drug-likeness (QED) is 0.572. The highest BCUT2D eigenvalue weighted by atomic mass is 32.1. The highest BCUT2D eigenvalue weighted by Gasteiger charge is 2.17. The molecule has 0 saturated carbocycles. The van der Waals surface area contributed by atoms with Crippen molar-refractivity contribution in [2.75, 3.05) is 0 Å². The fraction of sp³-hybridized carbons (Fsp3) is 0. The number of fused-ring (bicyclic) bond motifs is 1. The molecule has 0 aliphatic rings. The molecule has 0 bridgehead atoms. The van der Waals surface area contributed by atoms with E-state index in [4.69, 9.17) is 0 Å². The lowest BCUT2D eigenvalue weighted by atomic mass is 10.1. The molecule has 0 fully saturated rings. The molecule has 5 nitrogen and oxygen atoms in total. The Morgan fingerprint density at radius 2 is 1.76 bits per heavy atom. The molecule has 0 spiro atoms. The number of nitrogens with zero attached hydrogens (tertiary/aromatic N) is 3. The van der Waals surface area contributed by atoms with E-state index in [1.165, 1.54) is 15.9 Å².